The van der Waals surface area contributed by atoms with E-state index in [0.29, 0.717) is 0 Å². The van der Waals surface area contributed by atoms with E-state index in [0.717, 1.165) is 13.2 Å². The first-order valence-corrected chi connectivity index (χ1v) is 6.37. The number of phenols is 1. The molecule has 3 N–H and O–H groups in total. The number of aromatic hydroxyl groups is 1. The number of phenolic OH excluding ortho intramolecular Hbond substituents is 1. The molecule has 0 saturated carbocycles. The van der Waals surface area contributed by atoms with Gasteiger partial charge in [-0.1, -0.05) is 6.07 Å². The van der Waals surface area contributed by atoms with E-state index in [1.807, 2.05) is 0 Å². The molecule has 2 atom stereocenters. The Morgan fingerprint density at radius 1 is 1.41 bits per heavy atom. The molecule has 7 nitrogen and oxygen atoms in total. The minimum Gasteiger partial charge on any atom is -0.507 e. The summed E-state index contributed by atoms with van der Waals surface area (Å²) in [5.41, 5.74) is -3.79. The van der Waals surface area contributed by atoms with Crippen LogP contribution in [0.15, 0.2) is 33.5 Å². The maximum atomic E-state index is 12.6. The maximum Gasteiger partial charge on any atom is 0.346 e. The first-order chi connectivity index (χ1) is 10.4. The van der Waals surface area contributed by atoms with Crippen LogP contribution >= 0.6 is 0 Å². The number of hydrogen-bond acceptors (Lipinski definition) is 7. The van der Waals surface area contributed by atoms with E-state index in [-0.39, 0.29) is 22.5 Å². The number of ether oxygens (including phenoxy) is 1. The Kier molecular flexibility index (Phi) is 3.05. The number of aliphatic hydroxyl groups is 2. The first kappa shape index (κ1) is 14.3. The fourth-order valence-electron chi connectivity index (χ4n) is 2.56. The zero-order valence-corrected chi connectivity index (χ0v) is 11.4. The van der Waals surface area contributed by atoms with E-state index in [9.17, 15) is 24.9 Å². The molecule has 114 valence electrons. The fraction of sp³-hybridized carbons (Fsp3) is 0.200. The van der Waals surface area contributed by atoms with Gasteiger partial charge in [-0.3, -0.25) is 4.79 Å². The molecule has 0 bridgehead atoms. The lowest BCUT2D eigenvalue weighted by Crippen LogP contribution is -2.51. The third-order valence-corrected chi connectivity index (χ3v) is 3.66. The number of carbonyl (C=O) groups excluding carboxylic acids is 1. The molecule has 1 heterocycles. The highest BCUT2D eigenvalue weighted by molar-refractivity contribution is 5.90. The van der Waals surface area contributed by atoms with E-state index in [4.69, 9.17) is 4.42 Å². The summed E-state index contributed by atoms with van der Waals surface area (Å²) in [5, 5.41) is 30.2. The molecular weight excluding hydrogens is 292 g/mol. The Morgan fingerprint density at radius 3 is 2.82 bits per heavy atom. The third-order valence-electron chi connectivity index (χ3n) is 3.66. The van der Waals surface area contributed by atoms with Crippen molar-refractivity contribution >= 4 is 23.0 Å². The molecule has 0 spiro atoms. The van der Waals surface area contributed by atoms with Crippen molar-refractivity contribution in [3.8, 4) is 5.75 Å². The molecule has 1 aliphatic carbocycles. The zero-order chi connectivity index (χ0) is 16.1. The molecule has 2 aromatic rings. The second-order valence-electron chi connectivity index (χ2n) is 4.88. The third kappa shape index (κ3) is 1.69. The smallest absolute Gasteiger partial charge is 0.346 e. The van der Waals surface area contributed by atoms with Gasteiger partial charge in [-0.15, -0.1) is 0 Å². The minimum absolute atomic E-state index is 0.0821. The van der Waals surface area contributed by atoms with Crippen LogP contribution in [-0.4, -0.2) is 34.5 Å². The Labute approximate surface area is 123 Å². The summed E-state index contributed by atoms with van der Waals surface area (Å²) >= 11 is 0. The highest BCUT2D eigenvalue weighted by Crippen LogP contribution is 2.35. The SMILES string of the molecule is COC(=O)[C@@]1(O)c2c(oc3cccc(O)c3c2=O)C=C[C@H]1O. The molecule has 22 heavy (non-hydrogen) atoms. The van der Waals surface area contributed by atoms with Crippen LogP contribution < -0.4 is 5.43 Å². The number of benzene rings is 1. The number of esters is 1. The van der Waals surface area contributed by atoms with Crippen molar-refractivity contribution in [2.45, 2.75) is 11.7 Å². The van der Waals surface area contributed by atoms with Crippen LogP contribution in [0.5, 0.6) is 5.75 Å². The average molecular weight is 304 g/mol. The van der Waals surface area contributed by atoms with Gasteiger partial charge >= 0.3 is 5.97 Å². The molecule has 1 aliphatic rings. The molecule has 3 rings (SSSR count). The summed E-state index contributed by atoms with van der Waals surface area (Å²) in [6, 6.07) is 4.23. The van der Waals surface area contributed by atoms with Crippen molar-refractivity contribution in [1.29, 1.82) is 0 Å². The second kappa shape index (κ2) is 4.69. The van der Waals surface area contributed by atoms with E-state index >= 15 is 0 Å². The summed E-state index contributed by atoms with van der Waals surface area (Å²) in [7, 11) is 1.02. The summed E-state index contributed by atoms with van der Waals surface area (Å²) in [5.74, 6) is -1.64. The summed E-state index contributed by atoms with van der Waals surface area (Å²) in [6.45, 7) is 0. The molecule has 0 amide bonds. The van der Waals surface area contributed by atoms with Crippen LogP contribution in [0.1, 0.15) is 11.3 Å². The Morgan fingerprint density at radius 2 is 2.14 bits per heavy atom. The number of hydrogen-bond donors (Lipinski definition) is 3. The lowest BCUT2D eigenvalue weighted by molar-refractivity contribution is -0.174. The highest BCUT2D eigenvalue weighted by atomic mass is 16.5. The number of rotatable bonds is 1. The maximum absolute atomic E-state index is 12.6. The molecule has 1 aromatic heterocycles. The second-order valence-corrected chi connectivity index (χ2v) is 4.88. The van der Waals surface area contributed by atoms with Gasteiger partial charge in [0.1, 0.15) is 28.6 Å². The van der Waals surface area contributed by atoms with Gasteiger partial charge in [0.2, 0.25) is 11.0 Å². The van der Waals surface area contributed by atoms with Crippen molar-refractivity contribution < 1.29 is 29.3 Å². The van der Waals surface area contributed by atoms with Crippen LogP contribution in [0, 0.1) is 0 Å². The van der Waals surface area contributed by atoms with Gasteiger partial charge in [-0.05, 0) is 24.3 Å². The lowest BCUT2D eigenvalue weighted by atomic mass is 9.82. The molecule has 7 heteroatoms. The van der Waals surface area contributed by atoms with Crippen molar-refractivity contribution in [1.82, 2.24) is 0 Å². The summed E-state index contributed by atoms with van der Waals surface area (Å²) in [4.78, 5) is 24.6. The van der Waals surface area contributed by atoms with Crippen LogP contribution in [0.2, 0.25) is 0 Å². The molecule has 0 unspecified atom stereocenters. The molecule has 0 aliphatic heterocycles. The Bertz CT molecular complexity index is 864. The summed E-state index contributed by atoms with van der Waals surface area (Å²) < 4.78 is 9.95. The largest absolute Gasteiger partial charge is 0.507 e. The monoisotopic (exact) mass is 304 g/mol. The highest BCUT2D eigenvalue weighted by Gasteiger charge is 2.51. The number of fused-ring (bicyclic) bond motifs is 2. The van der Waals surface area contributed by atoms with Crippen molar-refractivity contribution in [2.24, 2.45) is 0 Å². The Balaban J connectivity index is 2.46. The number of carbonyl (C=O) groups is 1. The van der Waals surface area contributed by atoms with Gasteiger partial charge in [0.15, 0.2) is 0 Å². The first-order valence-electron chi connectivity index (χ1n) is 6.37. The molecular formula is C15H12O7. The molecule has 0 radical (unpaired) electrons. The van der Waals surface area contributed by atoms with E-state index in [1.165, 1.54) is 24.3 Å². The molecule has 1 aromatic carbocycles. The zero-order valence-electron chi connectivity index (χ0n) is 11.4. The van der Waals surface area contributed by atoms with Gasteiger partial charge in [0.25, 0.3) is 0 Å². The van der Waals surface area contributed by atoms with E-state index < -0.39 is 28.7 Å². The van der Waals surface area contributed by atoms with Crippen LogP contribution in [0.3, 0.4) is 0 Å². The van der Waals surface area contributed by atoms with Gasteiger partial charge in [-0.2, -0.15) is 0 Å². The van der Waals surface area contributed by atoms with Gasteiger partial charge in [0, 0.05) is 0 Å². The molecule has 0 fully saturated rings. The predicted octanol–water partition coefficient (Wildman–Crippen LogP) is 0.247. The average Bonchev–Trinajstić information content (AvgIpc) is 2.50. The van der Waals surface area contributed by atoms with Crippen molar-refractivity contribution in [3.05, 3.63) is 45.8 Å². The standard InChI is InChI=1S/C15H12O7/c1-21-14(19)15(20)10(17)6-5-9-12(15)13(18)11-7(16)3-2-4-8(11)22-9/h2-6,10,16-17,20H,1H3/t10-,15+/m1/s1. The topological polar surface area (TPSA) is 117 Å². The summed E-state index contributed by atoms with van der Waals surface area (Å²) in [6.07, 6.45) is 0.720. The fourth-order valence-corrected chi connectivity index (χ4v) is 2.56. The predicted molar refractivity (Wildman–Crippen MR) is 75.1 cm³/mol. The van der Waals surface area contributed by atoms with E-state index in [1.54, 1.807) is 0 Å². The van der Waals surface area contributed by atoms with Crippen LogP contribution in [-0.2, 0) is 15.1 Å². The Hall–Kier alpha value is -2.64. The van der Waals surface area contributed by atoms with Crippen molar-refractivity contribution in [2.75, 3.05) is 7.11 Å². The van der Waals surface area contributed by atoms with Gasteiger partial charge in [-0.25, -0.2) is 4.79 Å². The van der Waals surface area contributed by atoms with E-state index in [2.05, 4.69) is 4.74 Å². The van der Waals surface area contributed by atoms with Crippen molar-refractivity contribution in [3.63, 3.8) is 0 Å². The van der Waals surface area contributed by atoms with Gasteiger partial charge in [0.05, 0.1) is 12.7 Å². The van der Waals surface area contributed by atoms with Crippen LogP contribution in [0.4, 0.5) is 0 Å². The quantitative estimate of drug-likeness (QED) is 0.646. The number of aliphatic hydroxyl groups excluding tert-OH is 1. The van der Waals surface area contributed by atoms with Gasteiger partial charge < -0.3 is 24.5 Å². The lowest BCUT2D eigenvalue weighted by Gasteiger charge is -2.31. The minimum atomic E-state index is -2.60. The van der Waals surface area contributed by atoms with Crippen LogP contribution in [0.25, 0.3) is 17.0 Å². The normalized spacial score (nSPS) is 23.3. The molecule has 0 saturated heterocycles. The number of methoxy groups -OCH3 is 1.